The van der Waals surface area contributed by atoms with Crippen molar-refractivity contribution >= 4 is 45.3 Å². The molecule has 1 saturated heterocycles. The van der Waals surface area contributed by atoms with Crippen LogP contribution in [-0.4, -0.2) is 76.4 Å². The summed E-state index contributed by atoms with van der Waals surface area (Å²) in [7, 11) is 3.48. The first-order valence-corrected chi connectivity index (χ1v) is 13.2. The highest BCUT2D eigenvalue weighted by Crippen LogP contribution is 2.39. The van der Waals surface area contributed by atoms with Gasteiger partial charge in [-0.3, -0.25) is 4.68 Å². The molecule has 39 heavy (non-hydrogen) atoms. The third-order valence-corrected chi connectivity index (χ3v) is 7.01. The Morgan fingerprint density at radius 1 is 1.15 bits per heavy atom. The minimum atomic E-state index is -0.523. The van der Waals surface area contributed by atoms with Crippen LogP contribution in [0.4, 0.5) is 10.5 Å². The van der Waals surface area contributed by atoms with Crippen molar-refractivity contribution in [3.05, 3.63) is 41.2 Å². The van der Waals surface area contributed by atoms with Gasteiger partial charge in [0.1, 0.15) is 11.4 Å². The number of hydrogen-bond acceptors (Lipinski definition) is 8. The molecule has 4 heterocycles. The Bertz CT molecular complexity index is 1540. The highest BCUT2D eigenvalue weighted by Gasteiger charge is 2.27. The van der Waals surface area contributed by atoms with Crippen LogP contribution in [0.2, 0.25) is 5.02 Å². The van der Waals surface area contributed by atoms with Gasteiger partial charge >= 0.3 is 6.09 Å². The van der Waals surface area contributed by atoms with Crippen LogP contribution in [0.15, 0.2) is 30.6 Å². The van der Waals surface area contributed by atoms with Crippen LogP contribution in [0.5, 0.6) is 5.75 Å². The molecule has 1 fully saturated rings. The molecule has 0 radical (unpaired) electrons. The van der Waals surface area contributed by atoms with Crippen LogP contribution < -0.4 is 9.64 Å². The van der Waals surface area contributed by atoms with E-state index in [2.05, 4.69) is 15.0 Å². The fourth-order valence-electron chi connectivity index (χ4n) is 4.79. The molecule has 4 aromatic rings. The van der Waals surface area contributed by atoms with E-state index >= 15 is 0 Å². The van der Waals surface area contributed by atoms with Crippen molar-refractivity contribution in [1.29, 1.82) is 0 Å². The van der Waals surface area contributed by atoms with Gasteiger partial charge in [0.2, 0.25) is 0 Å². The monoisotopic (exact) mass is 552 g/mol. The minimum absolute atomic E-state index is 0.106. The maximum absolute atomic E-state index is 12.4. The zero-order valence-electron chi connectivity index (χ0n) is 23.1. The molecule has 1 aliphatic rings. The fourth-order valence-corrected chi connectivity index (χ4v) is 5.11. The quantitative estimate of drug-likeness (QED) is 0.312. The summed E-state index contributed by atoms with van der Waals surface area (Å²) in [6, 6.07) is 5.89. The molecule has 10 nitrogen and oxygen atoms in total. The van der Waals surface area contributed by atoms with Gasteiger partial charge in [0.15, 0.2) is 12.4 Å². The number of methoxy groups -OCH3 is 1. The topological polar surface area (TPSA) is 94.8 Å². The second-order valence-electron chi connectivity index (χ2n) is 10.6. The Labute approximate surface area is 232 Å². The summed E-state index contributed by atoms with van der Waals surface area (Å²) >= 11 is 6.89. The Hall–Kier alpha value is -3.63. The number of aryl methyl sites for hydroxylation is 2. The lowest BCUT2D eigenvalue weighted by Crippen LogP contribution is -2.50. The Morgan fingerprint density at radius 2 is 1.90 bits per heavy atom. The van der Waals surface area contributed by atoms with Crippen molar-refractivity contribution < 1.29 is 19.0 Å². The van der Waals surface area contributed by atoms with Crippen molar-refractivity contribution in [1.82, 2.24) is 24.6 Å². The van der Waals surface area contributed by atoms with E-state index in [0.29, 0.717) is 48.3 Å². The zero-order valence-corrected chi connectivity index (χ0v) is 23.9. The Balaban J connectivity index is 1.43. The van der Waals surface area contributed by atoms with Crippen LogP contribution in [0.1, 0.15) is 26.3 Å². The van der Waals surface area contributed by atoms with Gasteiger partial charge in [0.25, 0.3) is 0 Å². The van der Waals surface area contributed by atoms with Gasteiger partial charge in [-0.2, -0.15) is 5.10 Å². The molecular weight excluding hydrogens is 520 g/mol. The van der Waals surface area contributed by atoms with E-state index in [1.54, 1.807) is 22.9 Å². The maximum Gasteiger partial charge on any atom is 0.410 e. The van der Waals surface area contributed by atoms with Gasteiger partial charge in [-0.15, -0.1) is 0 Å². The molecule has 1 aromatic carbocycles. The standard InChI is InChI=1S/C28H33ClN6O4/c1-17-24-18(15-33(5)32-24)13-20(25(17)38-16-37-6)21-8-7-19-23(29)22(14-30-26(19)31-21)34-9-11-35(12-10-34)27(36)39-28(2,3)4/h7-8,13-15H,9-12,16H2,1-6H3. The number of hydrogen-bond donors (Lipinski definition) is 0. The largest absolute Gasteiger partial charge is 0.466 e. The first-order chi connectivity index (χ1) is 18.6. The Morgan fingerprint density at radius 3 is 2.59 bits per heavy atom. The summed E-state index contributed by atoms with van der Waals surface area (Å²) in [6.45, 7) is 10.0. The smallest absolute Gasteiger partial charge is 0.410 e. The number of pyridine rings is 2. The van der Waals surface area contributed by atoms with Crippen molar-refractivity contribution in [2.45, 2.75) is 33.3 Å². The van der Waals surface area contributed by atoms with Gasteiger partial charge in [-0.05, 0) is 45.9 Å². The third-order valence-electron chi connectivity index (χ3n) is 6.61. The van der Waals surface area contributed by atoms with Crippen molar-refractivity contribution in [3.8, 4) is 17.0 Å². The van der Waals surface area contributed by atoms with E-state index in [-0.39, 0.29) is 12.9 Å². The molecule has 0 bridgehead atoms. The molecule has 5 rings (SSSR count). The number of fused-ring (bicyclic) bond motifs is 2. The van der Waals surface area contributed by atoms with Crippen LogP contribution in [-0.2, 0) is 16.5 Å². The lowest BCUT2D eigenvalue weighted by molar-refractivity contribution is 0.0240. The fraction of sp³-hybridized carbons (Fsp3) is 0.429. The van der Waals surface area contributed by atoms with E-state index in [1.165, 1.54) is 0 Å². The maximum atomic E-state index is 12.4. The number of ether oxygens (including phenoxy) is 3. The molecular formula is C28H33ClN6O4. The number of aromatic nitrogens is 4. The first kappa shape index (κ1) is 27.0. The number of anilines is 1. The number of nitrogens with zero attached hydrogens (tertiary/aromatic N) is 6. The van der Waals surface area contributed by atoms with Gasteiger partial charge in [0, 0.05) is 68.4 Å². The second kappa shape index (κ2) is 10.5. The summed E-state index contributed by atoms with van der Waals surface area (Å²) < 4.78 is 18.4. The van der Waals surface area contributed by atoms with Gasteiger partial charge in [-0.1, -0.05) is 11.6 Å². The number of rotatable bonds is 5. The molecule has 0 unspecified atom stereocenters. The molecule has 1 amide bonds. The van der Waals surface area contributed by atoms with Crippen LogP contribution in [0.25, 0.3) is 33.2 Å². The van der Waals surface area contributed by atoms with Crippen molar-refractivity contribution in [2.24, 2.45) is 7.05 Å². The lowest BCUT2D eigenvalue weighted by atomic mass is 10.0. The van der Waals surface area contributed by atoms with E-state index in [4.69, 9.17) is 30.8 Å². The van der Waals surface area contributed by atoms with Gasteiger partial charge in [0.05, 0.1) is 28.1 Å². The number of halogens is 1. The zero-order chi connectivity index (χ0) is 27.9. The SMILES string of the molecule is COCOc1c(-c2ccc3c(Cl)c(N4CCN(C(=O)OC(C)(C)C)CC4)cnc3n2)cc2cn(C)nc2c1C. The molecule has 0 N–H and O–H groups in total. The predicted molar refractivity (Wildman–Crippen MR) is 152 cm³/mol. The highest BCUT2D eigenvalue weighted by molar-refractivity contribution is 6.37. The Kier molecular flexibility index (Phi) is 7.26. The number of piperazine rings is 1. The molecule has 206 valence electrons. The third kappa shape index (κ3) is 5.44. The predicted octanol–water partition coefficient (Wildman–Crippen LogP) is 5.19. The van der Waals surface area contributed by atoms with E-state index < -0.39 is 5.60 Å². The molecule has 0 spiro atoms. The molecule has 1 aliphatic heterocycles. The summed E-state index contributed by atoms with van der Waals surface area (Å²) in [5, 5.41) is 6.90. The van der Waals surface area contributed by atoms with Crippen molar-refractivity contribution in [3.63, 3.8) is 0 Å². The summed E-state index contributed by atoms with van der Waals surface area (Å²) in [5.74, 6) is 0.667. The normalized spacial score (nSPS) is 14.3. The van der Waals surface area contributed by atoms with Crippen LogP contribution in [0, 0.1) is 6.92 Å². The second-order valence-corrected chi connectivity index (χ2v) is 11.0. The average molecular weight is 553 g/mol. The highest BCUT2D eigenvalue weighted by atomic mass is 35.5. The number of amides is 1. The summed E-state index contributed by atoms with van der Waals surface area (Å²) in [6.07, 6.45) is 3.43. The number of carbonyl (C=O) groups is 1. The molecule has 0 atom stereocenters. The van der Waals surface area contributed by atoms with Crippen LogP contribution >= 0.6 is 11.6 Å². The minimum Gasteiger partial charge on any atom is -0.466 e. The van der Waals surface area contributed by atoms with E-state index in [0.717, 1.165) is 33.1 Å². The lowest BCUT2D eigenvalue weighted by Gasteiger charge is -2.37. The molecule has 0 aliphatic carbocycles. The van der Waals surface area contributed by atoms with E-state index in [9.17, 15) is 4.79 Å². The van der Waals surface area contributed by atoms with Crippen LogP contribution in [0.3, 0.4) is 0 Å². The molecule has 0 saturated carbocycles. The summed E-state index contributed by atoms with van der Waals surface area (Å²) in [5.41, 5.74) is 4.15. The van der Waals surface area contributed by atoms with Gasteiger partial charge < -0.3 is 24.0 Å². The molecule has 3 aromatic heterocycles. The molecule has 11 heteroatoms. The summed E-state index contributed by atoms with van der Waals surface area (Å²) in [4.78, 5) is 25.8. The van der Waals surface area contributed by atoms with Crippen molar-refractivity contribution in [2.75, 3.05) is 45.0 Å². The average Bonchev–Trinajstić information content (AvgIpc) is 3.28. The van der Waals surface area contributed by atoms with Gasteiger partial charge in [-0.25, -0.2) is 14.8 Å². The van der Waals surface area contributed by atoms with E-state index in [1.807, 2.05) is 59.1 Å². The number of carbonyl (C=O) groups excluding carboxylic acids is 1. The number of benzene rings is 1. The first-order valence-electron chi connectivity index (χ1n) is 12.8.